The molecule has 0 radical (unpaired) electrons. The van der Waals surface area contributed by atoms with Crippen LogP contribution in [0.4, 0.5) is 0 Å². The number of nitrogens with zero attached hydrogens (tertiary/aromatic N) is 2. The van der Waals surface area contributed by atoms with Gasteiger partial charge in [0.15, 0.2) is 0 Å². The summed E-state index contributed by atoms with van der Waals surface area (Å²) in [7, 11) is 1.33. The van der Waals surface area contributed by atoms with Gasteiger partial charge in [-0.15, -0.1) is 0 Å². The van der Waals surface area contributed by atoms with Crippen LogP contribution in [0.3, 0.4) is 0 Å². The van der Waals surface area contributed by atoms with Crippen molar-refractivity contribution in [1.82, 2.24) is 9.78 Å². The summed E-state index contributed by atoms with van der Waals surface area (Å²) in [6.45, 7) is 1.63. The molecule has 7 nitrogen and oxygen atoms in total. The Hall–Kier alpha value is -0.0500. The molecular formula is C9H10N2Na2O5. The molecule has 0 bridgehead atoms. The predicted molar refractivity (Wildman–Crippen MR) is 47.2 cm³/mol. The van der Waals surface area contributed by atoms with Gasteiger partial charge < -0.3 is 24.5 Å². The fourth-order valence-electron chi connectivity index (χ4n) is 1.30. The fourth-order valence-corrected chi connectivity index (χ4v) is 1.30. The smallest absolute Gasteiger partial charge is 0.550 e. The number of carbonyl (C=O) groups excluding carboxylic acids is 2. The van der Waals surface area contributed by atoms with Crippen molar-refractivity contribution in [3.63, 3.8) is 0 Å². The average Bonchev–Trinajstić information content (AvgIpc) is 2.55. The van der Waals surface area contributed by atoms with Crippen LogP contribution < -0.4 is 74.1 Å². The molecule has 1 aromatic rings. The van der Waals surface area contributed by atoms with Crippen LogP contribution in [0.5, 0.6) is 5.88 Å². The van der Waals surface area contributed by atoms with Crippen LogP contribution >= 0.6 is 0 Å². The van der Waals surface area contributed by atoms with Gasteiger partial charge in [-0.3, -0.25) is 0 Å². The monoisotopic (exact) mass is 272 g/mol. The quantitative estimate of drug-likeness (QED) is 0.493. The van der Waals surface area contributed by atoms with Crippen molar-refractivity contribution in [3.05, 3.63) is 11.8 Å². The van der Waals surface area contributed by atoms with Crippen molar-refractivity contribution in [3.8, 4) is 5.88 Å². The van der Waals surface area contributed by atoms with Gasteiger partial charge in [0.05, 0.1) is 18.8 Å². The molecule has 0 N–H and O–H groups in total. The minimum absolute atomic E-state index is 0. The molecule has 18 heavy (non-hydrogen) atoms. The molecule has 1 aromatic heterocycles. The van der Waals surface area contributed by atoms with Crippen LogP contribution in [0.15, 0.2) is 6.07 Å². The maximum Gasteiger partial charge on any atom is 1.00 e. The summed E-state index contributed by atoms with van der Waals surface area (Å²) in [4.78, 5) is 21.2. The molecule has 0 saturated carbocycles. The molecule has 9 heteroatoms. The van der Waals surface area contributed by atoms with E-state index in [1.165, 1.54) is 13.2 Å². The summed E-state index contributed by atoms with van der Waals surface area (Å²) in [5, 5.41) is 25.0. The first-order valence-electron chi connectivity index (χ1n) is 4.46. The third kappa shape index (κ3) is 5.29. The summed E-state index contributed by atoms with van der Waals surface area (Å²) >= 11 is 0. The van der Waals surface area contributed by atoms with Crippen LogP contribution in [0.2, 0.25) is 0 Å². The van der Waals surface area contributed by atoms with Crippen LogP contribution in [0.25, 0.3) is 0 Å². The number of aryl methyl sites for hydroxylation is 1. The number of carbonyl (C=O) groups is 2. The number of rotatable bonds is 5. The van der Waals surface area contributed by atoms with E-state index in [4.69, 9.17) is 4.74 Å². The van der Waals surface area contributed by atoms with Gasteiger partial charge in [0.1, 0.15) is 6.04 Å². The van der Waals surface area contributed by atoms with Crippen LogP contribution in [0.1, 0.15) is 18.2 Å². The van der Waals surface area contributed by atoms with Gasteiger partial charge in [0, 0.05) is 18.5 Å². The molecule has 1 atom stereocenters. The van der Waals surface area contributed by atoms with Crippen LogP contribution in [0, 0.1) is 6.92 Å². The van der Waals surface area contributed by atoms with Gasteiger partial charge in [0.2, 0.25) is 5.88 Å². The number of aliphatic carboxylic acids is 2. The van der Waals surface area contributed by atoms with E-state index in [9.17, 15) is 19.8 Å². The Kier molecular flexibility index (Phi) is 10.1. The topological polar surface area (TPSA) is 107 Å². The maximum atomic E-state index is 10.8. The zero-order valence-corrected chi connectivity index (χ0v) is 14.8. The Balaban J connectivity index is 0. The number of methoxy groups -OCH3 is 1. The molecule has 0 saturated heterocycles. The third-order valence-corrected chi connectivity index (χ3v) is 1.96. The van der Waals surface area contributed by atoms with E-state index in [2.05, 4.69) is 5.10 Å². The van der Waals surface area contributed by atoms with Gasteiger partial charge in [0.25, 0.3) is 0 Å². The molecule has 0 aromatic carbocycles. The second kappa shape index (κ2) is 8.95. The van der Waals surface area contributed by atoms with Crippen molar-refractivity contribution >= 4 is 11.9 Å². The number of carboxylic acid groups (broad SMARTS) is 2. The molecular weight excluding hydrogens is 262 g/mol. The zero-order chi connectivity index (χ0) is 12.3. The first-order chi connectivity index (χ1) is 7.45. The predicted octanol–water partition coefficient (Wildman–Crippen LogP) is -8.36. The number of carboxylic acids is 2. The third-order valence-electron chi connectivity index (χ3n) is 1.96. The van der Waals surface area contributed by atoms with Crippen molar-refractivity contribution in [2.45, 2.75) is 19.4 Å². The van der Waals surface area contributed by atoms with E-state index in [0.717, 1.165) is 4.68 Å². The van der Waals surface area contributed by atoms with E-state index >= 15 is 0 Å². The van der Waals surface area contributed by atoms with Gasteiger partial charge in [-0.1, -0.05) is 0 Å². The number of hydrogen-bond donors (Lipinski definition) is 0. The first-order valence-corrected chi connectivity index (χ1v) is 4.46. The summed E-state index contributed by atoms with van der Waals surface area (Å²) in [6.07, 6.45) is -0.722. The SMILES string of the molecule is COc1cc(C)nn1C(CC(=O)[O-])C(=O)[O-].[Na+].[Na+]. The molecule has 0 aliphatic rings. The fraction of sp³-hybridized carbons (Fsp3) is 0.444. The van der Waals surface area contributed by atoms with Gasteiger partial charge in [-0.25, -0.2) is 4.68 Å². The molecule has 1 unspecified atom stereocenters. The van der Waals surface area contributed by atoms with Crippen LogP contribution in [-0.2, 0) is 9.59 Å². The molecule has 0 amide bonds. The van der Waals surface area contributed by atoms with Gasteiger partial charge >= 0.3 is 59.1 Å². The molecule has 0 aliphatic heterocycles. The van der Waals surface area contributed by atoms with E-state index in [1.54, 1.807) is 6.92 Å². The molecule has 0 spiro atoms. The minimum atomic E-state index is -1.55. The Bertz CT molecular complexity index is 421. The Morgan fingerprint density at radius 2 is 2.00 bits per heavy atom. The summed E-state index contributed by atoms with van der Waals surface area (Å²) < 4.78 is 5.83. The first kappa shape index (κ1) is 20.3. The minimum Gasteiger partial charge on any atom is -0.550 e. The van der Waals surface area contributed by atoms with E-state index < -0.39 is 24.4 Å². The van der Waals surface area contributed by atoms with Gasteiger partial charge in [-0.05, 0) is 6.92 Å². The molecule has 88 valence electrons. The molecule has 0 aliphatic carbocycles. The van der Waals surface area contributed by atoms with Crippen molar-refractivity contribution in [2.75, 3.05) is 7.11 Å². The number of aromatic nitrogens is 2. The van der Waals surface area contributed by atoms with E-state index in [0.29, 0.717) is 5.69 Å². The Morgan fingerprint density at radius 3 is 2.39 bits per heavy atom. The molecule has 1 heterocycles. The number of ether oxygens (including phenoxy) is 1. The van der Waals surface area contributed by atoms with Crippen molar-refractivity contribution in [2.24, 2.45) is 0 Å². The van der Waals surface area contributed by atoms with Gasteiger partial charge in [-0.2, -0.15) is 5.10 Å². The van der Waals surface area contributed by atoms with Crippen LogP contribution in [-0.4, -0.2) is 28.8 Å². The largest absolute Gasteiger partial charge is 1.00 e. The average molecular weight is 272 g/mol. The Labute approximate surface area is 148 Å². The normalized spacial score (nSPS) is 10.8. The van der Waals surface area contributed by atoms with E-state index in [1.807, 2.05) is 0 Å². The maximum absolute atomic E-state index is 10.8. The van der Waals surface area contributed by atoms with Crippen molar-refractivity contribution < 1.29 is 83.7 Å². The van der Waals surface area contributed by atoms with E-state index in [-0.39, 0.29) is 65.0 Å². The second-order valence-corrected chi connectivity index (χ2v) is 3.18. The Morgan fingerprint density at radius 1 is 1.44 bits per heavy atom. The van der Waals surface area contributed by atoms with Crippen molar-refractivity contribution in [1.29, 1.82) is 0 Å². The molecule has 0 fully saturated rings. The zero-order valence-electron chi connectivity index (χ0n) is 10.8. The summed E-state index contributed by atoms with van der Waals surface area (Å²) in [5.74, 6) is -2.89. The summed E-state index contributed by atoms with van der Waals surface area (Å²) in [6, 6.07) is 0.0549. The molecule has 1 rings (SSSR count). The second-order valence-electron chi connectivity index (χ2n) is 3.18. The standard InChI is InChI=1S/C9H12N2O5.2Na/c1-5-3-7(16-2)11(10-5)6(9(14)15)4-8(12)13;;/h3,6H,4H2,1-2H3,(H,12,13)(H,14,15);;/q;2*+1/p-2. The number of hydrogen-bond acceptors (Lipinski definition) is 6. The summed E-state index contributed by atoms with van der Waals surface area (Å²) in [5.41, 5.74) is 0.515.